The summed E-state index contributed by atoms with van der Waals surface area (Å²) in [6, 6.07) is 3.93. The van der Waals surface area contributed by atoms with Gasteiger partial charge in [-0.3, -0.25) is 9.97 Å². The maximum Gasteiger partial charge on any atom is 0.0634 e. The zero-order valence-corrected chi connectivity index (χ0v) is 10.4. The van der Waals surface area contributed by atoms with Gasteiger partial charge in [0.25, 0.3) is 0 Å². The minimum atomic E-state index is 0.697. The molecule has 2 heterocycles. The van der Waals surface area contributed by atoms with Crippen molar-refractivity contribution in [2.45, 2.75) is 20.0 Å². The van der Waals surface area contributed by atoms with E-state index in [0.29, 0.717) is 5.02 Å². The van der Waals surface area contributed by atoms with Gasteiger partial charge in [-0.05, 0) is 35.7 Å². The van der Waals surface area contributed by atoms with Crippen LogP contribution in [0.5, 0.6) is 0 Å². The molecule has 2 rings (SSSR count). The molecule has 0 aromatic carbocycles. The average molecular weight is 248 g/mol. The molecule has 1 N–H and O–H groups in total. The molecule has 0 aliphatic heterocycles. The van der Waals surface area contributed by atoms with Crippen molar-refractivity contribution in [3.8, 4) is 0 Å². The summed E-state index contributed by atoms with van der Waals surface area (Å²) in [4.78, 5) is 8.07. The van der Waals surface area contributed by atoms with Gasteiger partial charge >= 0.3 is 0 Å². The molecular formula is C13H14ClN3. The summed E-state index contributed by atoms with van der Waals surface area (Å²) in [5, 5.41) is 4.04. The number of nitrogens with zero attached hydrogens (tertiary/aromatic N) is 2. The molecule has 2 aromatic heterocycles. The molecule has 0 spiro atoms. The molecule has 0 aliphatic rings. The monoisotopic (exact) mass is 247 g/mol. The van der Waals surface area contributed by atoms with Crippen molar-refractivity contribution in [1.82, 2.24) is 15.3 Å². The maximum atomic E-state index is 6.02. The van der Waals surface area contributed by atoms with E-state index in [1.54, 1.807) is 18.6 Å². The molecule has 0 radical (unpaired) electrons. The van der Waals surface area contributed by atoms with E-state index in [1.165, 1.54) is 11.1 Å². The van der Waals surface area contributed by atoms with Gasteiger partial charge in [0.05, 0.1) is 5.02 Å². The lowest BCUT2D eigenvalue weighted by atomic mass is 10.1. The fraction of sp³-hybridized carbons (Fsp3) is 0.231. The molecule has 17 heavy (non-hydrogen) atoms. The number of pyridine rings is 2. The second-order valence-electron chi connectivity index (χ2n) is 3.87. The third-order valence-corrected chi connectivity index (χ3v) is 2.98. The third kappa shape index (κ3) is 3.25. The highest BCUT2D eigenvalue weighted by atomic mass is 35.5. The highest BCUT2D eigenvalue weighted by Crippen LogP contribution is 2.13. The van der Waals surface area contributed by atoms with Gasteiger partial charge in [0.15, 0.2) is 0 Å². The standard InChI is InChI=1S/C13H14ClN3/c1-10-2-4-15-7-12(10)8-17-6-11-3-5-16-9-13(11)14/h2-5,7,9,17H,6,8H2,1H3. The molecule has 88 valence electrons. The van der Waals surface area contributed by atoms with Gasteiger partial charge in [-0.2, -0.15) is 0 Å². The first-order valence-electron chi connectivity index (χ1n) is 5.46. The second-order valence-corrected chi connectivity index (χ2v) is 4.28. The Bertz CT molecular complexity index is 454. The average Bonchev–Trinajstić information content (AvgIpc) is 2.34. The SMILES string of the molecule is Cc1ccncc1CNCc1ccncc1Cl. The number of halogens is 1. The fourth-order valence-corrected chi connectivity index (χ4v) is 1.75. The number of hydrogen-bond donors (Lipinski definition) is 1. The smallest absolute Gasteiger partial charge is 0.0634 e. The van der Waals surface area contributed by atoms with E-state index in [0.717, 1.165) is 18.7 Å². The Labute approximate surface area is 106 Å². The largest absolute Gasteiger partial charge is 0.308 e. The lowest BCUT2D eigenvalue weighted by Gasteiger charge is -2.08. The van der Waals surface area contributed by atoms with Gasteiger partial charge in [0.2, 0.25) is 0 Å². The van der Waals surface area contributed by atoms with E-state index in [9.17, 15) is 0 Å². The predicted octanol–water partition coefficient (Wildman–Crippen LogP) is 2.73. The van der Waals surface area contributed by atoms with E-state index in [4.69, 9.17) is 11.6 Å². The van der Waals surface area contributed by atoms with Crippen molar-refractivity contribution in [3.05, 3.63) is 58.6 Å². The highest BCUT2D eigenvalue weighted by Gasteiger charge is 2.00. The molecule has 3 nitrogen and oxygen atoms in total. The second kappa shape index (κ2) is 5.75. The van der Waals surface area contributed by atoms with Gasteiger partial charge in [0, 0.05) is 37.9 Å². The Morgan fingerprint density at radius 2 is 1.76 bits per heavy atom. The Balaban J connectivity index is 1.93. The van der Waals surface area contributed by atoms with Crippen LogP contribution in [-0.4, -0.2) is 9.97 Å². The van der Waals surface area contributed by atoms with Crippen LogP contribution in [0, 0.1) is 6.92 Å². The third-order valence-electron chi connectivity index (χ3n) is 2.63. The van der Waals surface area contributed by atoms with E-state index >= 15 is 0 Å². The van der Waals surface area contributed by atoms with Crippen LogP contribution in [-0.2, 0) is 13.1 Å². The fourth-order valence-electron chi connectivity index (χ4n) is 1.56. The van der Waals surface area contributed by atoms with Crippen molar-refractivity contribution in [3.63, 3.8) is 0 Å². The molecule has 0 atom stereocenters. The molecule has 0 fully saturated rings. The highest BCUT2D eigenvalue weighted by molar-refractivity contribution is 6.31. The Morgan fingerprint density at radius 1 is 1.06 bits per heavy atom. The molecule has 0 saturated carbocycles. The summed E-state index contributed by atoms with van der Waals surface area (Å²) in [7, 11) is 0. The lowest BCUT2D eigenvalue weighted by molar-refractivity contribution is 0.688. The number of nitrogens with one attached hydrogen (secondary N) is 1. The van der Waals surface area contributed by atoms with Crippen LogP contribution in [0.3, 0.4) is 0 Å². The summed E-state index contributed by atoms with van der Waals surface area (Å²) in [5.74, 6) is 0. The topological polar surface area (TPSA) is 37.8 Å². The summed E-state index contributed by atoms with van der Waals surface area (Å²) in [6.07, 6.45) is 7.10. The molecule has 0 aliphatic carbocycles. The zero-order chi connectivity index (χ0) is 12.1. The first-order valence-corrected chi connectivity index (χ1v) is 5.84. The molecule has 0 amide bonds. The predicted molar refractivity (Wildman–Crippen MR) is 68.8 cm³/mol. The van der Waals surface area contributed by atoms with E-state index in [2.05, 4.69) is 22.2 Å². The molecular weight excluding hydrogens is 234 g/mol. The summed E-state index contributed by atoms with van der Waals surface area (Å²) < 4.78 is 0. The van der Waals surface area contributed by atoms with Gasteiger partial charge < -0.3 is 5.32 Å². The molecule has 0 unspecified atom stereocenters. The normalized spacial score (nSPS) is 10.5. The van der Waals surface area contributed by atoms with Crippen LogP contribution in [0.1, 0.15) is 16.7 Å². The van der Waals surface area contributed by atoms with Gasteiger partial charge in [-0.15, -0.1) is 0 Å². The maximum absolute atomic E-state index is 6.02. The summed E-state index contributed by atoms with van der Waals surface area (Å²) in [5.41, 5.74) is 3.51. The Morgan fingerprint density at radius 3 is 2.53 bits per heavy atom. The van der Waals surface area contributed by atoms with E-state index < -0.39 is 0 Å². The summed E-state index contributed by atoms with van der Waals surface area (Å²) >= 11 is 6.02. The lowest BCUT2D eigenvalue weighted by Crippen LogP contribution is -2.14. The van der Waals surface area contributed by atoms with Gasteiger partial charge in [-0.25, -0.2) is 0 Å². The molecule has 4 heteroatoms. The van der Waals surface area contributed by atoms with Crippen molar-refractivity contribution < 1.29 is 0 Å². The number of hydrogen-bond acceptors (Lipinski definition) is 3. The molecule has 0 saturated heterocycles. The van der Waals surface area contributed by atoms with Crippen molar-refractivity contribution >= 4 is 11.6 Å². The van der Waals surface area contributed by atoms with Crippen LogP contribution < -0.4 is 5.32 Å². The first-order chi connectivity index (χ1) is 8.27. The first kappa shape index (κ1) is 12.0. The Hall–Kier alpha value is -1.45. The quantitative estimate of drug-likeness (QED) is 0.903. The van der Waals surface area contributed by atoms with Crippen LogP contribution in [0.25, 0.3) is 0 Å². The van der Waals surface area contributed by atoms with Crippen LogP contribution in [0.4, 0.5) is 0 Å². The number of aromatic nitrogens is 2. The Kier molecular flexibility index (Phi) is 4.07. The van der Waals surface area contributed by atoms with E-state index in [1.807, 2.05) is 18.3 Å². The van der Waals surface area contributed by atoms with Crippen LogP contribution in [0.2, 0.25) is 5.02 Å². The van der Waals surface area contributed by atoms with Crippen molar-refractivity contribution in [1.29, 1.82) is 0 Å². The minimum absolute atomic E-state index is 0.697. The number of aryl methyl sites for hydroxylation is 1. The minimum Gasteiger partial charge on any atom is -0.308 e. The van der Waals surface area contributed by atoms with E-state index in [-0.39, 0.29) is 0 Å². The van der Waals surface area contributed by atoms with Gasteiger partial charge in [0.1, 0.15) is 0 Å². The summed E-state index contributed by atoms with van der Waals surface area (Å²) in [6.45, 7) is 3.60. The molecule has 0 bridgehead atoms. The van der Waals surface area contributed by atoms with Gasteiger partial charge in [-0.1, -0.05) is 11.6 Å². The van der Waals surface area contributed by atoms with Crippen molar-refractivity contribution in [2.24, 2.45) is 0 Å². The molecule has 2 aromatic rings. The van der Waals surface area contributed by atoms with Crippen LogP contribution in [0.15, 0.2) is 36.9 Å². The van der Waals surface area contributed by atoms with Crippen molar-refractivity contribution in [2.75, 3.05) is 0 Å². The zero-order valence-electron chi connectivity index (χ0n) is 9.65. The number of rotatable bonds is 4. The van der Waals surface area contributed by atoms with Crippen LogP contribution >= 0.6 is 11.6 Å².